The minimum Gasteiger partial charge on any atom is -0.489 e. The molecule has 0 unspecified atom stereocenters. The average molecular weight is 270 g/mol. The second-order valence-electron chi connectivity index (χ2n) is 4.76. The molecule has 20 heavy (non-hydrogen) atoms. The van der Waals surface area contributed by atoms with E-state index in [9.17, 15) is 0 Å². The number of nitrogens with zero attached hydrogens (tertiary/aromatic N) is 1. The molecule has 1 heterocycles. The Bertz CT molecular complexity index is 456. The molecule has 0 aliphatic carbocycles. The fourth-order valence-electron chi connectivity index (χ4n) is 2.00. The van der Waals surface area contributed by atoms with Gasteiger partial charge in [0.15, 0.2) is 0 Å². The summed E-state index contributed by atoms with van der Waals surface area (Å²) in [6.45, 7) is 5.68. The zero-order chi connectivity index (χ0) is 14.2. The molecule has 0 aliphatic rings. The van der Waals surface area contributed by atoms with Crippen LogP contribution in [-0.4, -0.2) is 11.5 Å². The normalized spacial score (nSPS) is 10.3. The summed E-state index contributed by atoms with van der Waals surface area (Å²) in [6, 6.07) is 12.3. The highest BCUT2D eigenvalue weighted by molar-refractivity contribution is 5.35. The molecule has 2 aromatic rings. The molecule has 0 radical (unpaired) electrons. The summed E-state index contributed by atoms with van der Waals surface area (Å²) in [5.41, 5.74) is 2.43. The van der Waals surface area contributed by atoms with Gasteiger partial charge in [0.25, 0.3) is 0 Å². The first-order valence-corrected chi connectivity index (χ1v) is 7.22. The van der Waals surface area contributed by atoms with Gasteiger partial charge in [-0.3, -0.25) is 0 Å². The Morgan fingerprint density at radius 1 is 1.00 bits per heavy atom. The highest BCUT2D eigenvalue weighted by Crippen LogP contribution is 2.15. The molecule has 0 saturated carbocycles. The van der Waals surface area contributed by atoms with Gasteiger partial charge in [0.2, 0.25) is 0 Å². The zero-order valence-electron chi connectivity index (χ0n) is 12.2. The molecular weight excluding hydrogens is 248 g/mol. The maximum absolute atomic E-state index is 5.76. The van der Waals surface area contributed by atoms with E-state index in [2.05, 4.69) is 36.3 Å². The van der Waals surface area contributed by atoms with Gasteiger partial charge < -0.3 is 10.1 Å². The summed E-state index contributed by atoms with van der Waals surface area (Å²) in [5.74, 6) is 1.81. The second-order valence-corrected chi connectivity index (χ2v) is 4.76. The van der Waals surface area contributed by atoms with E-state index in [1.165, 1.54) is 12.0 Å². The highest BCUT2D eigenvalue weighted by Gasteiger charge is 1.98. The Labute approximate surface area is 121 Å². The molecule has 0 amide bonds. The molecule has 106 valence electrons. The van der Waals surface area contributed by atoms with Crippen LogP contribution in [0.1, 0.15) is 31.4 Å². The number of ether oxygens (including phenoxy) is 1. The van der Waals surface area contributed by atoms with Crippen molar-refractivity contribution in [1.82, 2.24) is 4.98 Å². The standard InChI is InChI=1S/C17H22N2O/c1-3-5-14-6-9-16(10-7-14)20-13-15-8-11-17(18-4-2)19-12-15/h6-12H,3-5,13H2,1-2H3,(H,18,19). The molecule has 0 saturated heterocycles. The molecule has 3 nitrogen and oxygen atoms in total. The maximum Gasteiger partial charge on any atom is 0.125 e. The number of aromatic nitrogens is 1. The lowest BCUT2D eigenvalue weighted by Crippen LogP contribution is -2.01. The first kappa shape index (κ1) is 14.4. The SMILES string of the molecule is CCCc1ccc(OCc2ccc(NCC)nc2)cc1. The summed E-state index contributed by atoms with van der Waals surface area (Å²) in [7, 11) is 0. The average Bonchev–Trinajstić information content (AvgIpc) is 2.49. The zero-order valence-corrected chi connectivity index (χ0v) is 12.2. The number of aryl methyl sites for hydroxylation is 1. The van der Waals surface area contributed by atoms with Crippen LogP contribution >= 0.6 is 0 Å². The summed E-state index contributed by atoms with van der Waals surface area (Å²) in [4.78, 5) is 4.33. The maximum atomic E-state index is 5.76. The van der Waals surface area contributed by atoms with E-state index in [1.807, 2.05) is 30.5 Å². The van der Waals surface area contributed by atoms with Crippen LogP contribution in [0.3, 0.4) is 0 Å². The third-order valence-electron chi connectivity index (χ3n) is 3.05. The Balaban J connectivity index is 1.87. The summed E-state index contributed by atoms with van der Waals surface area (Å²) in [5, 5.41) is 3.17. The highest BCUT2D eigenvalue weighted by atomic mass is 16.5. The summed E-state index contributed by atoms with van der Waals surface area (Å²) in [6.07, 6.45) is 4.14. The van der Waals surface area contributed by atoms with E-state index >= 15 is 0 Å². The van der Waals surface area contributed by atoms with Crippen LogP contribution in [0.4, 0.5) is 5.82 Å². The van der Waals surface area contributed by atoms with Gasteiger partial charge in [-0.25, -0.2) is 4.98 Å². The molecule has 3 heteroatoms. The fraction of sp³-hybridized carbons (Fsp3) is 0.353. The molecule has 1 N–H and O–H groups in total. The van der Waals surface area contributed by atoms with Crippen molar-refractivity contribution >= 4 is 5.82 Å². The van der Waals surface area contributed by atoms with E-state index in [0.29, 0.717) is 6.61 Å². The van der Waals surface area contributed by atoms with Crippen LogP contribution < -0.4 is 10.1 Å². The van der Waals surface area contributed by atoms with Gasteiger partial charge in [-0.1, -0.05) is 31.5 Å². The number of anilines is 1. The van der Waals surface area contributed by atoms with E-state index in [-0.39, 0.29) is 0 Å². The molecule has 1 aromatic carbocycles. The third-order valence-corrected chi connectivity index (χ3v) is 3.05. The topological polar surface area (TPSA) is 34.1 Å². The lowest BCUT2D eigenvalue weighted by Gasteiger charge is -2.08. The fourth-order valence-corrected chi connectivity index (χ4v) is 2.00. The first-order valence-electron chi connectivity index (χ1n) is 7.22. The van der Waals surface area contributed by atoms with Crippen LogP contribution in [0.2, 0.25) is 0 Å². The lowest BCUT2D eigenvalue weighted by atomic mass is 10.1. The van der Waals surface area contributed by atoms with Crippen molar-refractivity contribution in [2.24, 2.45) is 0 Å². The van der Waals surface area contributed by atoms with Crippen LogP contribution in [0, 0.1) is 0 Å². The van der Waals surface area contributed by atoms with Crippen LogP contribution in [0.25, 0.3) is 0 Å². The van der Waals surface area contributed by atoms with Crippen LogP contribution in [0.15, 0.2) is 42.6 Å². The number of hydrogen-bond acceptors (Lipinski definition) is 3. The molecule has 0 atom stereocenters. The molecule has 1 aromatic heterocycles. The minimum atomic E-state index is 0.548. The molecule has 0 fully saturated rings. The number of pyridine rings is 1. The van der Waals surface area contributed by atoms with Crippen molar-refractivity contribution < 1.29 is 4.74 Å². The van der Waals surface area contributed by atoms with Crippen molar-refractivity contribution in [2.45, 2.75) is 33.3 Å². The van der Waals surface area contributed by atoms with Gasteiger partial charge in [-0.05, 0) is 37.1 Å². The van der Waals surface area contributed by atoms with Gasteiger partial charge >= 0.3 is 0 Å². The predicted octanol–water partition coefficient (Wildman–Crippen LogP) is 4.04. The molecule has 0 bridgehead atoms. The first-order chi connectivity index (χ1) is 9.81. The van der Waals surface area contributed by atoms with Crippen molar-refractivity contribution in [1.29, 1.82) is 0 Å². The number of rotatable bonds is 7. The summed E-state index contributed by atoms with van der Waals surface area (Å²) < 4.78 is 5.76. The van der Waals surface area contributed by atoms with Gasteiger partial charge in [0.1, 0.15) is 18.2 Å². The molecular formula is C17H22N2O. The Morgan fingerprint density at radius 3 is 2.35 bits per heavy atom. The Hall–Kier alpha value is -2.03. The van der Waals surface area contributed by atoms with Crippen molar-refractivity contribution in [3.8, 4) is 5.75 Å². The lowest BCUT2D eigenvalue weighted by molar-refractivity contribution is 0.305. The van der Waals surface area contributed by atoms with E-state index < -0.39 is 0 Å². The van der Waals surface area contributed by atoms with Gasteiger partial charge in [0, 0.05) is 18.3 Å². The van der Waals surface area contributed by atoms with E-state index in [1.54, 1.807) is 0 Å². The van der Waals surface area contributed by atoms with Crippen LogP contribution in [-0.2, 0) is 13.0 Å². The predicted molar refractivity (Wildman–Crippen MR) is 83.2 cm³/mol. The van der Waals surface area contributed by atoms with Gasteiger partial charge in [0.05, 0.1) is 0 Å². The van der Waals surface area contributed by atoms with E-state index in [0.717, 1.165) is 30.1 Å². The van der Waals surface area contributed by atoms with Gasteiger partial charge in [-0.15, -0.1) is 0 Å². The number of hydrogen-bond donors (Lipinski definition) is 1. The Morgan fingerprint density at radius 2 is 1.75 bits per heavy atom. The third kappa shape index (κ3) is 4.26. The monoisotopic (exact) mass is 270 g/mol. The smallest absolute Gasteiger partial charge is 0.125 e. The molecule has 0 spiro atoms. The number of nitrogens with one attached hydrogen (secondary N) is 1. The Kier molecular flexibility index (Phi) is 5.42. The van der Waals surface area contributed by atoms with Crippen molar-refractivity contribution in [3.05, 3.63) is 53.7 Å². The molecule has 2 rings (SSSR count). The quantitative estimate of drug-likeness (QED) is 0.824. The van der Waals surface area contributed by atoms with Crippen molar-refractivity contribution in [3.63, 3.8) is 0 Å². The van der Waals surface area contributed by atoms with Crippen LogP contribution in [0.5, 0.6) is 5.75 Å². The largest absolute Gasteiger partial charge is 0.489 e. The van der Waals surface area contributed by atoms with Gasteiger partial charge in [-0.2, -0.15) is 0 Å². The summed E-state index contributed by atoms with van der Waals surface area (Å²) >= 11 is 0. The van der Waals surface area contributed by atoms with Crippen molar-refractivity contribution in [2.75, 3.05) is 11.9 Å². The molecule has 0 aliphatic heterocycles. The minimum absolute atomic E-state index is 0.548. The number of benzene rings is 1. The van der Waals surface area contributed by atoms with E-state index in [4.69, 9.17) is 4.74 Å². The second kappa shape index (κ2) is 7.53.